The first kappa shape index (κ1) is 14.9. The molecule has 1 saturated carbocycles. The van der Waals surface area contributed by atoms with E-state index in [9.17, 15) is 9.90 Å². The zero-order chi connectivity index (χ0) is 14.6. The zero-order valence-corrected chi connectivity index (χ0v) is 12.1. The Morgan fingerprint density at radius 2 is 2.10 bits per heavy atom. The average Bonchev–Trinajstić information content (AvgIpc) is 2.99. The Labute approximate surface area is 118 Å². The molecular weight excluding hydrogens is 258 g/mol. The molecule has 1 aromatic rings. The van der Waals surface area contributed by atoms with Crippen LogP contribution in [0.25, 0.3) is 0 Å². The number of carbonyl (C=O) groups is 1. The van der Waals surface area contributed by atoms with Crippen molar-refractivity contribution in [2.45, 2.75) is 57.5 Å². The predicted molar refractivity (Wildman–Crippen MR) is 72.7 cm³/mol. The van der Waals surface area contributed by atoms with Gasteiger partial charge in [0.05, 0.1) is 12.6 Å². The molecule has 1 amide bonds. The van der Waals surface area contributed by atoms with E-state index < -0.39 is 5.54 Å². The lowest BCUT2D eigenvalue weighted by Crippen LogP contribution is -2.54. The van der Waals surface area contributed by atoms with Crippen molar-refractivity contribution >= 4 is 5.91 Å². The molecule has 112 valence electrons. The van der Waals surface area contributed by atoms with Crippen molar-refractivity contribution in [2.75, 3.05) is 6.61 Å². The van der Waals surface area contributed by atoms with Gasteiger partial charge in [-0.1, -0.05) is 33.1 Å². The van der Waals surface area contributed by atoms with Crippen LogP contribution in [0.4, 0.5) is 0 Å². The first-order chi connectivity index (χ1) is 9.60. The van der Waals surface area contributed by atoms with E-state index in [1.807, 2.05) is 13.8 Å². The molecule has 0 saturated heterocycles. The summed E-state index contributed by atoms with van der Waals surface area (Å²) < 4.78 is 1.58. The highest BCUT2D eigenvalue weighted by atomic mass is 16.3. The Hall–Kier alpha value is -1.50. The summed E-state index contributed by atoms with van der Waals surface area (Å²) in [5.74, 6) is 0.0933. The third-order valence-corrected chi connectivity index (χ3v) is 4.21. The number of aromatic nitrogens is 4. The minimum atomic E-state index is -0.704. The maximum Gasteiger partial charge on any atom is 0.248 e. The predicted octanol–water partition coefficient (Wildman–Crippen LogP) is 0.466. The van der Waals surface area contributed by atoms with Gasteiger partial charge in [0.2, 0.25) is 5.91 Å². The molecule has 1 aromatic heterocycles. The SMILES string of the molecule is CC(C)[C@@H](CO)NC(=O)C1(n2cnnn2)CCCCC1. The Kier molecular flexibility index (Phi) is 4.69. The third-order valence-electron chi connectivity index (χ3n) is 4.21. The molecule has 0 bridgehead atoms. The van der Waals surface area contributed by atoms with Gasteiger partial charge in [0.1, 0.15) is 11.9 Å². The topological polar surface area (TPSA) is 92.9 Å². The van der Waals surface area contributed by atoms with Crippen molar-refractivity contribution in [1.82, 2.24) is 25.5 Å². The highest BCUT2D eigenvalue weighted by Gasteiger charge is 2.43. The Bertz CT molecular complexity index is 426. The van der Waals surface area contributed by atoms with Gasteiger partial charge in [-0.2, -0.15) is 0 Å². The van der Waals surface area contributed by atoms with Crippen LogP contribution in [-0.2, 0) is 10.3 Å². The van der Waals surface area contributed by atoms with Gasteiger partial charge in [0.25, 0.3) is 0 Å². The molecule has 1 atom stereocenters. The van der Waals surface area contributed by atoms with Crippen molar-refractivity contribution in [2.24, 2.45) is 5.92 Å². The molecule has 0 aromatic carbocycles. The van der Waals surface area contributed by atoms with Crippen molar-refractivity contribution in [1.29, 1.82) is 0 Å². The van der Waals surface area contributed by atoms with Gasteiger partial charge in [-0.3, -0.25) is 4.79 Å². The second-order valence-electron chi connectivity index (χ2n) is 5.85. The summed E-state index contributed by atoms with van der Waals surface area (Å²) in [5.41, 5.74) is -0.704. The van der Waals surface area contributed by atoms with E-state index in [0.29, 0.717) is 0 Å². The second-order valence-corrected chi connectivity index (χ2v) is 5.85. The molecule has 7 heteroatoms. The van der Waals surface area contributed by atoms with E-state index in [1.165, 1.54) is 6.33 Å². The van der Waals surface area contributed by atoms with Crippen molar-refractivity contribution in [3.63, 3.8) is 0 Å². The lowest BCUT2D eigenvalue weighted by atomic mass is 9.80. The molecule has 0 aliphatic heterocycles. The molecule has 7 nitrogen and oxygen atoms in total. The Balaban J connectivity index is 2.21. The van der Waals surface area contributed by atoms with E-state index in [-0.39, 0.29) is 24.5 Å². The molecular formula is C13H23N5O2. The summed E-state index contributed by atoms with van der Waals surface area (Å²) in [6.07, 6.45) is 6.08. The third kappa shape index (κ3) is 2.82. The monoisotopic (exact) mass is 281 g/mol. The van der Waals surface area contributed by atoms with Crippen LogP contribution in [0.2, 0.25) is 0 Å². The summed E-state index contributed by atoms with van der Waals surface area (Å²) in [6.45, 7) is 3.90. The molecule has 0 unspecified atom stereocenters. The second kappa shape index (κ2) is 6.30. The first-order valence-corrected chi connectivity index (χ1v) is 7.25. The smallest absolute Gasteiger partial charge is 0.248 e. The first-order valence-electron chi connectivity index (χ1n) is 7.25. The largest absolute Gasteiger partial charge is 0.394 e. The molecule has 0 radical (unpaired) electrons. The number of hydrogen-bond donors (Lipinski definition) is 2. The number of nitrogens with zero attached hydrogens (tertiary/aromatic N) is 4. The number of aliphatic hydroxyl groups excluding tert-OH is 1. The number of amides is 1. The average molecular weight is 281 g/mol. The lowest BCUT2D eigenvalue weighted by Gasteiger charge is -2.36. The quantitative estimate of drug-likeness (QED) is 0.818. The molecule has 1 heterocycles. The molecule has 0 spiro atoms. The summed E-state index contributed by atoms with van der Waals surface area (Å²) in [7, 11) is 0. The molecule has 1 aliphatic carbocycles. The standard InChI is InChI=1S/C13H23N5O2/c1-10(2)11(8-19)15-12(20)13(6-4-3-5-7-13)18-9-14-16-17-18/h9-11,19H,3-8H2,1-2H3,(H,15,20)/t11-/m1/s1. The van der Waals surface area contributed by atoms with Crippen LogP contribution in [0.1, 0.15) is 46.0 Å². The van der Waals surface area contributed by atoms with Crippen molar-refractivity contribution < 1.29 is 9.90 Å². The van der Waals surface area contributed by atoms with Gasteiger partial charge in [0, 0.05) is 0 Å². The van der Waals surface area contributed by atoms with E-state index in [2.05, 4.69) is 20.8 Å². The van der Waals surface area contributed by atoms with Crippen LogP contribution in [0, 0.1) is 5.92 Å². The van der Waals surface area contributed by atoms with Crippen molar-refractivity contribution in [3.8, 4) is 0 Å². The van der Waals surface area contributed by atoms with E-state index >= 15 is 0 Å². The number of hydrogen-bond acceptors (Lipinski definition) is 5. The van der Waals surface area contributed by atoms with Crippen LogP contribution >= 0.6 is 0 Å². The lowest BCUT2D eigenvalue weighted by molar-refractivity contribution is -0.133. The molecule has 1 aliphatic rings. The van der Waals surface area contributed by atoms with Gasteiger partial charge in [-0.15, -0.1) is 5.10 Å². The maximum absolute atomic E-state index is 12.8. The molecule has 2 rings (SSSR count). The Morgan fingerprint density at radius 1 is 1.40 bits per heavy atom. The highest BCUT2D eigenvalue weighted by Crippen LogP contribution is 2.34. The number of nitrogens with one attached hydrogen (secondary N) is 1. The zero-order valence-electron chi connectivity index (χ0n) is 12.1. The summed E-state index contributed by atoms with van der Waals surface area (Å²) in [6, 6.07) is -0.238. The van der Waals surface area contributed by atoms with Crippen LogP contribution in [0.15, 0.2) is 6.33 Å². The van der Waals surface area contributed by atoms with Crippen molar-refractivity contribution in [3.05, 3.63) is 6.33 Å². The Morgan fingerprint density at radius 3 is 2.60 bits per heavy atom. The van der Waals surface area contributed by atoms with Gasteiger partial charge < -0.3 is 10.4 Å². The fourth-order valence-corrected chi connectivity index (χ4v) is 2.78. The number of tetrazole rings is 1. The van der Waals surface area contributed by atoms with E-state index in [4.69, 9.17) is 0 Å². The minimum Gasteiger partial charge on any atom is -0.394 e. The number of aliphatic hydroxyl groups is 1. The van der Waals surface area contributed by atoms with Crippen LogP contribution < -0.4 is 5.32 Å². The molecule has 1 fully saturated rings. The summed E-state index contributed by atoms with van der Waals surface area (Å²) in [5, 5.41) is 23.6. The van der Waals surface area contributed by atoms with Crippen LogP contribution in [0.3, 0.4) is 0 Å². The van der Waals surface area contributed by atoms with Gasteiger partial charge >= 0.3 is 0 Å². The van der Waals surface area contributed by atoms with E-state index in [0.717, 1.165) is 32.1 Å². The maximum atomic E-state index is 12.8. The molecule has 2 N–H and O–H groups in total. The van der Waals surface area contributed by atoms with Gasteiger partial charge in [0.15, 0.2) is 0 Å². The fraction of sp³-hybridized carbons (Fsp3) is 0.846. The minimum absolute atomic E-state index is 0.0604. The number of carbonyl (C=O) groups excluding carboxylic acids is 1. The summed E-state index contributed by atoms with van der Waals surface area (Å²) >= 11 is 0. The van der Waals surface area contributed by atoms with Gasteiger partial charge in [-0.05, 0) is 29.2 Å². The van der Waals surface area contributed by atoms with Crippen LogP contribution in [-0.4, -0.2) is 43.9 Å². The number of rotatable bonds is 5. The normalized spacial score (nSPS) is 19.8. The van der Waals surface area contributed by atoms with Crippen LogP contribution in [0.5, 0.6) is 0 Å². The van der Waals surface area contributed by atoms with Gasteiger partial charge in [-0.25, -0.2) is 4.68 Å². The van der Waals surface area contributed by atoms with E-state index in [1.54, 1.807) is 4.68 Å². The highest BCUT2D eigenvalue weighted by molar-refractivity contribution is 5.84. The fourth-order valence-electron chi connectivity index (χ4n) is 2.78. The molecule has 20 heavy (non-hydrogen) atoms. The summed E-state index contributed by atoms with van der Waals surface area (Å²) in [4.78, 5) is 12.8.